The first-order chi connectivity index (χ1) is 10.8. The van der Waals surface area contributed by atoms with Gasteiger partial charge in [0.1, 0.15) is 5.60 Å². The van der Waals surface area contributed by atoms with Crippen molar-refractivity contribution in [1.29, 1.82) is 0 Å². The molecule has 0 amide bonds. The van der Waals surface area contributed by atoms with Gasteiger partial charge in [-0.1, -0.05) is 51.7 Å². The number of rotatable bonds is 4. The van der Waals surface area contributed by atoms with Crippen LogP contribution in [-0.4, -0.2) is 19.6 Å². The van der Waals surface area contributed by atoms with E-state index in [9.17, 15) is 4.79 Å². The van der Waals surface area contributed by atoms with E-state index >= 15 is 0 Å². The first-order valence-corrected chi connectivity index (χ1v) is 12.2. The minimum Gasteiger partial charge on any atom is -0.457 e. The molecule has 1 rings (SSSR count). The lowest BCUT2D eigenvalue weighted by Crippen LogP contribution is -2.34. The van der Waals surface area contributed by atoms with E-state index in [0.717, 1.165) is 12.8 Å². The van der Waals surface area contributed by atoms with Crippen molar-refractivity contribution in [3.63, 3.8) is 0 Å². The minimum absolute atomic E-state index is 0.256. The molecule has 0 saturated heterocycles. The quantitative estimate of drug-likeness (QED) is 0.336. The molecule has 0 aliphatic heterocycles. The van der Waals surface area contributed by atoms with Gasteiger partial charge in [-0.15, -0.1) is 0 Å². The summed E-state index contributed by atoms with van der Waals surface area (Å²) in [6.07, 6.45) is 10.5. The van der Waals surface area contributed by atoms with Gasteiger partial charge in [0.05, 0.1) is 8.07 Å². The highest BCUT2D eigenvalue weighted by molar-refractivity contribution is 6.84. The third-order valence-electron chi connectivity index (χ3n) is 5.02. The summed E-state index contributed by atoms with van der Waals surface area (Å²) in [5, 5.41) is 0.352. The Morgan fingerprint density at radius 1 is 0.958 bits per heavy atom. The predicted octanol–water partition coefficient (Wildman–Crippen LogP) is 6.36. The van der Waals surface area contributed by atoms with E-state index < -0.39 is 13.7 Å². The number of allylic oxidation sites excluding steroid dienone is 4. The van der Waals surface area contributed by atoms with E-state index in [0.29, 0.717) is 5.04 Å². The van der Waals surface area contributed by atoms with Gasteiger partial charge in [0.2, 0.25) is 0 Å². The molecule has 0 saturated carbocycles. The molecule has 2 nitrogen and oxygen atoms in total. The Morgan fingerprint density at radius 2 is 1.46 bits per heavy atom. The van der Waals surface area contributed by atoms with Crippen molar-refractivity contribution in [3.05, 3.63) is 35.1 Å². The number of ether oxygens (including phenoxy) is 1. The Bertz CT molecular complexity index is 537. The number of hydrogen-bond donors (Lipinski definition) is 0. The van der Waals surface area contributed by atoms with Gasteiger partial charge in [-0.3, -0.25) is 0 Å². The summed E-state index contributed by atoms with van der Waals surface area (Å²) < 4.78 is 5.36. The fourth-order valence-electron chi connectivity index (χ4n) is 2.40. The van der Waals surface area contributed by atoms with Crippen molar-refractivity contribution in [2.24, 2.45) is 0 Å². The summed E-state index contributed by atoms with van der Waals surface area (Å²) in [5.41, 5.74) is 4.72. The molecule has 0 spiro atoms. The van der Waals surface area contributed by atoms with Gasteiger partial charge < -0.3 is 4.74 Å². The first-order valence-electron chi connectivity index (χ1n) is 9.14. The van der Waals surface area contributed by atoms with E-state index in [1.165, 1.54) is 24.0 Å². The maximum Gasteiger partial charge on any atom is 0.331 e. The summed E-state index contributed by atoms with van der Waals surface area (Å²) in [6.45, 7) is 17.5. The number of esters is 1. The zero-order valence-corrected chi connectivity index (χ0v) is 18.0. The van der Waals surface area contributed by atoms with Crippen LogP contribution in [0.5, 0.6) is 0 Å². The molecule has 0 fully saturated rings. The molecular weight excluding hydrogens is 312 g/mol. The van der Waals surface area contributed by atoms with Crippen molar-refractivity contribution in [3.8, 4) is 0 Å². The normalized spacial score (nSPS) is 17.8. The molecule has 0 aromatic heterocycles. The summed E-state index contributed by atoms with van der Waals surface area (Å²) in [5.74, 6) is -0.256. The Morgan fingerprint density at radius 3 is 1.92 bits per heavy atom. The van der Waals surface area contributed by atoms with Gasteiger partial charge in [-0.25, -0.2) is 4.79 Å². The van der Waals surface area contributed by atoms with Crippen LogP contribution in [0.2, 0.25) is 18.1 Å². The molecule has 0 N–H and O–H groups in total. The van der Waals surface area contributed by atoms with Crippen LogP contribution in [0.1, 0.15) is 67.2 Å². The summed E-state index contributed by atoms with van der Waals surface area (Å²) >= 11 is 0. The highest BCUT2D eigenvalue weighted by Gasteiger charge is 2.32. The Labute approximate surface area is 150 Å². The van der Waals surface area contributed by atoms with Crippen molar-refractivity contribution in [1.82, 2.24) is 0 Å². The standard InChI is InChI=1S/C21H36O2Si/c1-20(2,3)23-19(22)14-13-17-11-9-10-12-18(17)15-16-24(7,8)21(4,5)6/h13-16H,9-12H2,1-8H3/b14-13+,16-15+. The molecular formula is C21H36O2Si. The molecule has 3 heteroatoms. The molecule has 136 valence electrons. The third-order valence-corrected chi connectivity index (χ3v) is 9.88. The lowest BCUT2D eigenvalue weighted by Gasteiger charge is -2.34. The average Bonchev–Trinajstić information content (AvgIpc) is 2.40. The fraction of sp³-hybridized carbons (Fsp3) is 0.667. The van der Waals surface area contributed by atoms with E-state index in [1.54, 1.807) is 6.08 Å². The lowest BCUT2D eigenvalue weighted by atomic mass is 9.91. The molecule has 0 atom stereocenters. The van der Waals surface area contributed by atoms with Crippen LogP contribution < -0.4 is 0 Å². The van der Waals surface area contributed by atoms with E-state index in [2.05, 4.69) is 45.6 Å². The number of carbonyl (C=O) groups excluding carboxylic acids is 1. The summed E-state index contributed by atoms with van der Waals surface area (Å²) in [7, 11) is -1.43. The monoisotopic (exact) mass is 348 g/mol. The zero-order valence-electron chi connectivity index (χ0n) is 17.0. The molecule has 0 aromatic carbocycles. The second-order valence-electron chi connectivity index (χ2n) is 9.43. The third kappa shape index (κ3) is 6.80. The van der Waals surface area contributed by atoms with Gasteiger partial charge in [0, 0.05) is 6.08 Å². The van der Waals surface area contributed by atoms with Gasteiger partial charge in [0.15, 0.2) is 0 Å². The second-order valence-corrected chi connectivity index (χ2v) is 14.7. The molecule has 1 aliphatic carbocycles. The van der Waals surface area contributed by atoms with Crippen LogP contribution in [0.25, 0.3) is 0 Å². The molecule has 0 aromatic rings. The van der Waals surface area contributed by atoms with Gasteiger partial charge in [-0.05, 0) is 62.6 Å². The van der Waals surface area contributed by atoms with Crippen molar-refractivity contribution in [2.75, 3.05) is 0 Å². The largest absolute Gasteiger partial charge is 0.457 e. The molecule has 24 heavy (non-hydrogen) atoms. The van der Waals surface area contributed by atoms with Gasteiger partial charge >= 0.3 is 5.97 Å². The highest BCUT2D eigenvalue weighted by atomic mass is 28.3. The maximum atomic E-state index is 11.9. The van der Waals surface area contributed by atoms with Crippen molar-refractivity contribution in [2.45, 2.75) is 91.0 Å². The van der Waals surface area contributed by atoms with Crippen LogP contribution >= 0.6 is 0 Å². The number of hydrogen-bond acceptors (Lipinski definition) is 2. The van der Waals surface area contributed by atoms with Crippen molar-refractivity contribution < 1.29 is 9.53 Å². The smallest absolute Gasteiger partial charge is 0.331 e. The minimum atomic E-state index is -1.43. The van der Waals surface area contributed by atoms with Gasteiger partial charge in [-0.2, -0.15) is 0 Å². The van der Waals surface area contributed by atoms with Crippen molar-refractivity contribution >= 4 is 14.0 Å². The van der Waals surface area contributed by atoms with E-state index in [-0.39, 0.29) is 5.97 Å². The first kappa shape index (κ1) is 21.0. The van der Waals surface area contributed by atoms with Crippen LogP contribution in [0.3, 0.4) is 0 Å². The van der Waals surface area contributed by atoms with Crippen LogP contribution in [0, 0.1) is 0 Å². The molecule has 0 radical (unpaired) electrons. The number of carbonyl (C=O) groups is 1. The van der Waals surface area contributed by atoms with Crippen LogP contribution in [0.4, 0.5) is 0 Å². The zero-order chi connectivity index (χ0) is 18.6. The molecule has 0 heterocycles. The van der Waals surface area contributed by atoms with Gasteiger partial charge in [0.25, 0.3) is 0 Å². The summed E-state index contributed by atoms with van der Waals surface area (Å²) in [6, 6.07) is 0. The SMILES string of the molecule is CC(C)(C)OC(=O)/C=C/C1=C(/C=C/[Si](C)(C)C(C)(C)C)CCCC1. The Balaban J connectivity index is 2.95. The fourth-order valence-corrected chi connectivity index (χ4v) is 3.51. The van der Waals surface area contributed by atoms with Crippen LogP contribution in [-0.2, 0) is 9.53 Å². The highest BCUT2D eigenvalue weighted by Crippen LogP contribution is 2.37. The molecule has 1 aliphatic rings. The predicted molar refractivity (Wildman–Crippen MR) is 107 cm³/mol. The Kier molecular flexibility index (Phi) is 6.86. The average molecular weight is 349 g/mol. The van der Waals surface area contributed by atoms with E-state index in [1.807, 2.05) is 26.8 Å². The lowest BCUT2D eigenvalue weighted by molar-refractivity contribution is -0.148. The van der Waals surface area contributed by atoms with E-state index in [4.69, 9.17) is 4.74 Å². The van der Waals surface area contributed by atoms with Crippen LogP contribution in [0.15, 0.2) is 35.1 Å². The summed E-state index contributed by atoms with van der Waals surface area (Å²) in [4.78, 5) is 11.9. The Hall–Kier alpha value is -1.09. The molecule has 0 bridgehead atoms. The molecule has 0 unspecified atom stereocenters. The maximum absolute atomic E-state index is 11.9. The second kappa shape index (κ2) is 7.86. The topological polar surface area (TPSA) is 26.3 Å².